The number of amides is 3. The summed E-state index contributed by atoms with van der Waals surface area (Å²) in [5, 5.41) is 5.55. The van der Waals surface area contributed by atoms with Crippen LogP contribution in [0.25, 0.3) is 0 Å². The number of nitrogens with one attached hydrogen (secondary N) is 2. The van der Waals surface area contributed by atoms with E-state index >= 15 is 0 Å². The number of ether oxygens (including phenoxy) is 1. The first kappa shape index (κ1) is 24.8. The van der Waals surface area contributed by atoms with Crippen molar-refractivity contribution < 1.29 is 27.9 Å². The smallest absolute Gasteiger partial charge is 0.411 e. The maximum Gasteiger partial charge on any atom is 0.411 e. The van der Waals surface area contributed by atoms with Crippen LogP contribution in [0.4, 0.5) is 19.3 Å². The summed E-state index contributed by atoms with van der Waals surface area (Å²) >= 11 is 0. The first-order chi connectivity index (χ1) is 17.4. The summed E-state index contributed by atoms with van der Waals surface area (Å²) in [5.74, 6) is -1.60. The number of carbonyl (C=O) groups excluding carboxylic acids is 3. The Morgan fingerprint density at radius 3 is 2.14 bits per heavy atom. The molecule has 9 heteroatoms. The minimum atomic E-state index is -0.936. The first-order valence-corrected chi connectivity index (χ1v) is 11.5. The van der Waals surface area contributed by atoms with Gasteiger partial charge in [0, 0.05) is 17.8 Å². The lowest BCUT2D eigenvalue weighted by Gasteiger charge is -2.24. The first-order valence-electron chi connectivity index (χ1n) is 11.5. The molecule has 4 rings (SSSR count). The number of benzene rings is 3. The van der Waals surface area contributed by atoms with E-state index in [4.69, 9.17) is 4.74 Å². The maximum atomic E-state index is 13.3. The van der Waals surface area contributed by atoms with Crippen molar-refractivity contribution in [2.75, 3.05) is 11.9 Å². The number of rotatable bonds is 8. The highest BCUT2D eigenvalue weighted by atomic mass is 19.1. The second kappa shape index (κ2) is 11.0. The summed E-state index contributed by atoms with van der Waals surface area (Å²) in [6.07, 6.45) is -0.815. The highest BCUT2D eigenvalue weighted by Crippen LogP contribution is 2.34. The van der Waals surface area contributed by atoms with Gasteiger partial charge in [0.15, 0.2) is 12.1 Å². The van der Waals surface area contributed by atoms with Crippen molar-refractivity contribution in [1.82, 2.24) is 10.2 Å². The molecule has 36 heavy (non-hydrogen) atoms. The fourth-order valence-corrected chi connectivity index (χ4v) is 3.91. The van der Waals surface area contributed by atoms with Crippen LogP contribution < -0.4 is 10.6 Å². The highest BCUT2D eigenvalue weighted by Gasteiger charge is 2.46. The Balaban J connectivity index is 1.53. The fourth-order valence-electron chi connectivity index (χ4n) is 3.91. The molecular weight excluding hydrogens is 468 g/mol. The zero-order chi connectivity index (χ0) is 25.7. The summed E-state index contributed by atoms with van der Waals surface area (Å²) in [7, 11) is 0. The molecule has 0 radical (unpaired) electrons. The van der Waals surface area contributed by atoms with E-state index in [2.05, 4.69) is 10.6 Å². The monoisotopic (exact) mass is 493 g/mol. The Morgan fingerprint density at radius 2 is 1.53 bits per heavy atom. The van der Waals surface area contributed by atoms with Crippen LogP contribution in [0.5, 0.6) is 0 Å². The molecule has 2 atom stereocenters. The Labute approximate surface area is 207 Å². The zero-order valence-electron chi connectivity index (χ0n) is 19.5. The molecule has 186 valence electrons. The van der Waals surface area contributed by atoms with Gasteiger partial charge in [-0.1, -0.05) is 31.2 Å². The van der Waals surface area contributed by atoms with Gasteiger partial charge in [0.1, 0.15) is 11.6 Å². The molecule has 1 aliphatic rings. The number of cyclic esters (lactones) is 1. The third-order valence-corrected chi connectivity index (χ3v) is 5.77. The lowest BCUT2D eigenvalue weighted by atomic mass is 10.00. The zero-order valence-corrected chi connectivity index (χ0v) is 19.5. The Bertz CT molecular complexity index is 1230. The van der Waals surface area contributed by atoms with Crippen LogP contribution in [0.15, 0.2) is 72.8 Å². The lowest BCUT2D eigenvalue weighted by molar-refractivity contribution is -0.126. The average molecular weight is 494 g/mol. The molecule has 0 bridgehead atoms. The van der Waals surface area contributed by atoms with Gasteiger partial charge in [-0.15, -0.1) is 0 Å². The molecule has 3 amide bonds. The molecule has 1 fully saturated rings. The Morgan fingerprint density at radius 1 is 0.917 bits per heavy atom. The van der Waals surface area contributed by atoms with Gasteiger partial charge in [0.25, 0.3) is 5.91 Å². The minimum absolute atomic E-state index is 0.0750. The van der Waals surface area contributed by atoms with Gasteiger partial charge >= 0.3 is 6.09 Å². The van der Waals surface area contributed by atoms with Crippen LogP contribution in [-0.4, -0.2) is 35.4 Å². The molecule has 1 saturated heterocycles. The van der Waals surface area contributed by atoms with Crippen molar-refractivity contribution >= 4 is 23.6 Å². The summed E-state index contributed by atoms with van der Waals surface area (Å²) in [6, 6.07) is 16.5. The third-order valence-electron chi connectivity index (χ3n) is 5.77. The van der Waals surface area contributed by atoms with Gasteiger partial charge in [0.05, 0.1) is 6.54 Å². The molecular formula is C27H25F2N3O4. The maximum absolute atomic E-state index is 13.3. The summed E-state index contributed by atoms with van der Waals surface area (Å²) in [6.45, 7) is 2.43. The molecule has 1 aliphatic heterocycles. The number of hydrogen-bond donors (Lipinski definition) is 2. The number of carbonyl (C=O) groups is 3. The fraction of sp³-hybridized carbons (Fsp3) is 0.222. The van der Waals surface area contributed by atoms with Crippen molar-refractivity contribution in [3.63, 3.8) is 0 Å². The van der Waals surface area contributed by atoms with Gasteiger partial charge in [-0.25, -0.2) is 13.6 Å². The number of anilines is 1. The third kappa shape index (κ3) is 5.68. The van der Waals surface area contributed by atoms with Gasteiger partial charge in [-0.2, -0.15) is 0 Å². The molecule has 1 heterocycles. The predicted molar refractivity (Wildman–Crippen MR) is 129 cm³/mol. The van der Waals surface area contributed by atoms with E-state index < -0.39 is 35.8 Å². The number of nitrogens with zero attached hydrogens (tertiary/aromatic N) is 1. The number of halogens is 2. The van der Waals surface area contributed by atoms with Crippen LogP contribution in [0.2, 0.25) is 0 Å². The van der Waals surface area contributed by atoms with Crippen molar-refractivity contribution in [2.24, 2.45) is 0 Å². The van der Waals surface area contributed by atoms with E-state index in [0.717, 1.165) is 6.42 Å². The van der Waals surface area contributed by atoms with E-state index in [1.165, 1.54) is 41.3 Å². The van der Waals surface area contributed by atoms with Crippen LogP contribution in [-0.2, 0) is 16.1 Å². The van der Waals surface area contributed by atoms with Crippen LogP contribution in [0.1, 0.15) is 40.9 Å². The van der Waals surface area contributed by atoms with Crippen molar-refractivity contribution in [2.45, 2.75) is 32.0 Å². The SMILES string of the molecule is CCCNC(=O)C1C(c2ccc(NC(=O)c3ccc(F)cc3)cc2)OC(=O)N1Cc1ccc(F)cc1. The molecule has 0 saturated carbocycles. The predicted octanol–water partition coefficient (Wildman–Crippen LogP) is 4.81. The van der Waals surface area contributed by atoms with Crippen molar-refractivity contribution in [3.8, 4) is 0 Å². The molecule has 3 aromatic rings. The Kier molecular flexibility index (Phi) is 7.58. The summed E-state index contributed by atoms with van der Waals surface area (Å²) in [5.41, 5.74) is 2.00. The van der Waals surface area contributed by atoms with E-state index in [-0.39, 0.29) is 12.5 Å². The van der Waals surface area contributed by atoms with E-state index in [9.17, 15) is 23.2 Å². The number of hydrogen-bond acceptors (Lipinski definition) is 4. The molecule has 2 unspecified atom stereocenters. The molecule has 2 N–H and O–H groups in total. The highest BCUT2D eigenvalue weighted by molar-refractivity contribution is 6.04. The summed E-state index contributed by atoms with van der Waals surface area (Å²) in [4.78, 5) is 39.6. The quantitative estimate of drug-likeness (QED) is 0.472. The van der Waals surface area contributed by atoms with E-state index in [1.807, 2.05) is 6.92 Å². The molecule has 0 aromatic heterocycles. The average Bonchev–Trinajstić information content (AvgIpc) is 3.20. The largest absolute Gasteiger partial charge is 0.438 e. The van der Waals surface area contributed by atoms with Crippen LogP contribution >= 0.6 is 0 Å². The van der Waals surface area contributed by atoms with E-state index in [0.29, 0.717) is 28.9 Å². The van der Waals surface area contributed by atoms with Gasteiger partial charge in [-0.05, 0) is 66.1 Å². The topological polar surface area (TPSA) is 87.7 Å². The van der Waals surface area contributed by atoms with Crippen molar-refractivity contribution in [1.29, 1.82) is 0 Å². The Hall–Kier alpha value is -4.27. The lowest BCUT2D eigenvalue weighted by Crippen LogP contribution is -2.46. The van der Waals surface area contributed by atoms with Crippen LogP contribution in [0.3, 0.4) is 0 Å². The second-order valence-corrected chi connectivity index (χ2v) is 8.38. The molecule has 0 aliphatic carbocycles. The van der Waals surface area contributed by atoms with Gasteiger partial charge < -0.3 is 15.4 Å². The van der Waals surface area contributed by atoms with Crippen molar-refractivity contribution in [3.05, 3.63) is 101 Å². The summed E-state index contributed by atoms with van der Waals surface area (Å²) < 4.78 is 32.0. The van der Waals surface area contributed by atoms with E-state index in [1.54, 1.807) is 36.4 Å². The van der Waals surface area contributed by atoms with Crippen LogP contribution in [0, 0.1) is 11.6 Å². The minimum Gasteiger partial charge on any atom is -0.438 e. The second-order valence-electron chi connectivity index (χ2n) is 8.38. The standard InChI is InChI=1S/C27H25F2N3O4/c1-2-15-30-26(34)23-24(36-27(35)32(23)16-17-3-9-20(28)10-4-17)18-7-13-22(14-8-18)31-25(33)19-5-11-21(29)12-6-19/h3-14,23-24H,2,15-16H2,1H3,(H,30,34)(H,31,33). The van der Waals surface area contributed by atoms with Gasteiger partial charge in [0.2, 0.25) is 5.91 Å². The molecule has 7 nitrogen and oxygen atoms in total. The molecule has 3 aromatic carbocycles. The van der Waals surface area contributed by atoms with Gasteiger partial charge in [-0.3, -0.25) is 14.5 Å². The molecule has 0 spiro atoms. The normalized spacial score (nSPS) is 17.0.